The van der Waals surface area contributed by atoms with Crippen LogP contribution in [0, 0.1) is 13.8 Å². The molecule has 2 N–H and O–H groups in total. The highest BCUT2D eigenvalue weighted by Gasteiger charge is 2.04. The molecule has 2 rings (SSSR count). The number of nitrogens with one attached hydrogen (secondary N) is 2. The predicted molar refractivity (Wildman–Crippen MR) is 69.6 cm³/mol. The summed E-state index contributed by atoms with van der Waals surface area (Å²) in [6.45, 7) is 3.92. The van der Waals surface area contributed by atoms with E-state index in [-0.39, 0.29) is 5.91 Å². The number of pyridine rings is 1. The fourth-order valence-corrected chi connectivity index (χ4v) is 1.59. The number of hydrazone groups is 1. The van der Waals surface area contributed by atoms with Crippen molar-refractivity contribution in [2.45, 2.75) is 13.8 Å². The Balaban J connectivity index is 2.00. The lowest BCUT2D eigenvalue weighted by Crippen LogP contribution is -2.18. The highest BCUT2D eigenvalue weighted by Crippen LogP contribution is 2.05. The summed E-state index contributed by atoms with van der Waals surface area (Å²) in [5, 5.41) is 3.91. The second kappa shape index (κ2) is 5.27. The van der Waals surface area contributed by atoms with Gasteiger partial charge in [-0.3, -0.25) is 9.78 Å². The van der Waals surface area contributed by atoms with Gasteiger partial charge in [-0.05, 0) is 32.0 Å². The van der Waals surface area contributed by atoms with Gasteiger partial charge in [0.15, 0.2) is 0 Å². The number of nitrogens with zero attached hydrogens (tertiary/aromatic N) is 2. The molecule has 0 bridgehead atoms. The lowest BCUT2D eigenvalue weighted by Gasteiger charge is -1.97. The number of carbonyl (C=O) groups excluding carboxylic acids is 1. The van der Waals surface area contributed by atoms with Crippen LogP contribution in [0.15, 0.2) is 35.6 Å². The highest BCUT2D eigenvalue weighted by molar-refractivity contribution is 5.93. The zero-order chi connectivity index (χ0) is 13.0. The summed E-state index contributed by atoms with van der Waals surface area (Å²) >= 11 is 0. The SMILES string of the molecule is Cc1cc(/C=N/NC(=O)c2ccccn2)c(C)[nH]1. The van der Waals surface area contributed by atoms with Crippen molar-refractivity contribution in [3.63, 3.8) is 0 Å². The van der Waals surface area contributed by atoms with Crippen LogP contribution in [0.1, 0.15) is 27.4 Å². The van der Waals surface area contributed by atoms with Crippen molar-refractivity contribution in [2.24, 2.45) is 5.10 Å². The number of rotatable bonds is 3. The van der Waals surface area contributed by atoms with Crippen molar-refractivity contribution < 1.29 is 4.79 Å². The first-order valence-electron chi connectivity index (χ1n) is 5.57. The minimum absolute atomic E-state index is 0.322. The molecular weight excluding hydrogens is 228 g/mol. The van der Waals surface area contributed by atoms with E-state index in [9.17, 15) is 4.79 Å². The summed E-state index contributed by atoms with van der Waals surface area (Å²) in [7, 11) is 0. The number of aromatic amines is 1. The van der Waals surface area contributed by atoms with Gasteiger partial charge < -0.3 is 4.98 Å². The predicted octanol–water partition coefficient (Wildman–Crippen LogP) is 1.79. The molecule has 18 heavy (non-hydrogen) atoms. The standard InChI is InChI=1S/C13H14N4O/c1-9-7-11(10(2)16-9)8-15-17-13(18)12-5-3-4-6-14-12/h3-8,16H,1-2H3,(H,17,18)/b15-8+. The molecule has 0 saturated carbocycles. The molecule has 0 aliphatic rings. The van der Waals surface area contributed by atoms with E-state index < -0.39 is 0 Å². The molecule has 0 unspecified atom stereocenters. The van der Waals surface area contributed by atoms with Crippen LogP contribution in [0.4, 0.5) is 0 Å². The van der Waals surface area contributed by atoms with Gasteiger partial charge in [0.25, 0.3) is 5.91 Å². The Kier molecular flexibility index (Phi) is 3.52. The number of aryl methyl sites for hydroxylation is 2. The molecule has 2 aromatic rings. The first-order valence-corrected chi connectivity index (χ1v) is 5.57. The van der Waals surface area contributed by atoms with Gasteiger partial charge >= 0.3 is 0 Å². The molecule has 5 nitrogen and oxygen atoms in total. The molecule has 0 aliphatic heterocycles. The van der Waals surface area contributed by atoms with Crippen molar-refractivity contribution in [2.75, 3.05) is 0 Å². The van der Waals surface area contributed by atoms with Gasteiger partial charge in [-0.15, -0.1) is 0 Å². The third kappa shape index (κ3) is 2.82. The first-order chi connectivity index (χ1) is 8.66. The van der Waals surface area contributed by atoms with Gasteiger partial charge in [0, 0.05) is 23.1 Å². The van der Waals surface area contributed by atoms with E-state index in [4.69, 9.17) is 0 Å². The van der Waals surface area contributed by atoms with Crippen molar-refractivity contribution in [3.05, 3.63) is 53.1 Å². The molecule has 0 saturated heterocycles. The number of amides is 1. The van der Waals surface area contributed by atoms with Crippen LogP contribution < -0.4 is 5.43 Å². The number of hydrogen-bond acceptors (Lipinski definition) is 3. The maximum atomic E-state index is 11.6. The Labute approximate surface area is 105 Å². The number of H-pyrrole nitrogens is 1. The summed E-state index contributed by atoms with van der Waals surface area (Å²) in [5.41, 5.74) is 5.81. The zero-order valence-electron chi connectivity index (χ0n) is 10.3. The Morgan fingerprint density at radius 2 is 2.28 bits per heavy atom. The summed E-state index contributed by atoms with van der Waals surface area (Å²) in [4.78, 5) is 18.7. The van der Waals surface area contributed by atoms with Crippen LogP contribution in [0.3, 0.4) is 0 Å². The van der Waals surface area contributed by atoms with Gasteiger partial charge in [0.05, 0.1) is 6.21 Å². The molecule has 0 aliphatic carbocycles. The van der Waals surface area contributed by atoms with E-state index in [2.05, 4.69) is 20.5 Å². The van der Waals surface area contributed by atoms with Crippen molar-refractivity contribution >= 4 is 12.1 Å². The van der Waals surface area contributed by atoms with E-state index in [1.165, 1.54) is 0 Å². The number of carbonyl (C=O) groups is 1. The van der Waals surface area contributed by atoms with E-state index >= 15 is 0 Å². The average molecular weight is 242 g/mol. The first kappa shape index (κ1) is 12.0. The minimum atomic E-state index is -0.322. The summed E-state index contributed by atoms with van der Waals surface area (Å²) in [6, 6.07) is 7.11. The summed E-state index contributed by atoms with van der Waals surface area (Å²) in [6.07, 6.45) is 3.18. The van der Waals surface area contributed by atoms with Crippen LogP contribution in [0.2, 0.25) is 0 Å². The van der Waals surface area contributed by atoms with Crippen LogP contribution >= 0.6 is 0 Å². The Morgan fingerprint density at radius 1 is 1.44 bits per heavy atom. The second-order valence-electron chi connectivity index (χ2n) is 3.95. The van der Waals surface area contributed by atoms with Gasteiger partial charge in [-0.2, -0.15) is 5.10 Å². The highest BCUT2D eigenvalue weighted by atomic mass is 16.2. The fraction of sp³-hybridized carbons (Fsp3) is 0.154. The van der Waals surface area contributed by atoms with Crippen LogP contribution in [-0.4, -0.2) is 22.1 Å². The smallest absolute Gasteiger partial charge is 0.289 e. The average Bonchev–Trinajstić information content (AvgIpc) is 2.69. The molecule has 0 fully saturated rings. The molecule has 0 atom stereocenters. The molecule has 92 valence electrons. The van der Waals surface area contributed by atoms with Gasteiger partial charge in [0.1, 0.15) is 5.69 Å². The van der Waals surface area contributed by atoms with Gasteiger partial charge in [-0.1, -0.05) is 6.07 Å². The second-order valence-corrected chi connectivity index (χ2v) is 3.95. The van der Waals surface area contributed by atoms with E-state index in [0.29, 0.717) is 5.69 Å². The molecule has 5 heteroatoms. The van der Waals surface area contributed by atoms with Gasteiger partial charge in [-0.25, -0.2) is 5.43 Å². The molecule has 0 radical (unpaired) electrons. The quantitative estimate of drug-likeness (QED) is 0.636. The number of hydrogen-bond donors (Lipinski definition) is 2. The third-order valence-electron chi connectivity index (χ3n) is 2.46. The molecule has 2 aromatic heterocycles. The lowest BCUT2D eigenvalue weighted by atomic mass is 10.3. The van der Waals surface area contributed by atoms with Gasteiger partial charge in [0.2, 0.25) is 0 Å². The maximum absolute atomic E-state index is 11.6. The summed E-state index contributed by atoms with van der Waals surface area (Å²) < 4.78 is 0. The van der Waals surface area contributed by atoms with E-state index in [0.717, 1.165) is 17.0 Å². The molecule has 1 amide bonds. The molecule has 0 aromatic carbocycles. The van der Waals surface area contributed by atoms with Crippen LogP contribution in [0.25, 0.3) is 0 Å². The zero-order valence-corrected chi connectivity index (χ0v) is 10.3. The van der Waals surface area contributed by atoms with Crippen LogP contribution in [0.5, 0.6) is 0 Å². The largest absolute Gasteiger partial charge is 0.362 e. The molecule has 2 heterocycles. The Hall–Kier alpha value is -2.43. The topological polar surface area (TPSA) is 70.1 Å². The lowest BCUT2D eigenvalue weighted by molar-refractivity contribution is 0.0950. The third-order valence-corrected chi connectivity index (χ3v) is 2.46. The fourth-order valence-electron chi connectivity index (χ4n) is 1.59. The maximum Gasteiger partial charge on any atom is 0.289 e. The van der Waals surface area contributed by atoms with Crippen molar-refractivity contribution in [1.29, 1.82) is 0 Å². The van der Waals surface area contributed by atoms with Crippen molar-refractivity contribution in [3.8, 4) is 0 Å². The van der Waals surface area contributed by atoms with E-state index in [1.807, 2.05) is 19.9 Å². The molecular formula is C13H14N4O. The monoisotopic (exact) mass is 242 g/mol. The Morgan fingerprint density at radius 3 is 2.89 bits per heavy atom. The number of aromatic nitrogens is 2. The summed E-state index contributed by atoms with van der Waals surface area (Å²) in [5.74, 6) is -0.322. The minimum Gasteiger partial charge on any atom is -0.362 e. The molecule has 0 spiro atoms. The Bertz CT molecular complexity index is 572. The van der Waals surface area contributed by atoms with Crippen molar-refractivity contribution in [1.82, 2.24) is 15.4 Å². The normalized spacial score (nSPS) is 10.8. The van der Waals surface area contributed by atoms with E-state index in [1.54, 1.807) is 30.6 Å². The van der Waals surface area contributed by atoms with Crippen LogP contribution in [-0.2, 0) is 0 Å².